The van der Waals surface area contributed by atoms with E-state index in [1.807, 2.05) is 42.5 Å². The Hall–Kier alpha value is -3.02. The lowest BCUT2D eigenvalue weighted by atomic mass is 9.99. The SMILES string of the molecule is [C-]#[N+]C(C)(CCC(=O)OCCOCCOCCOCCSSc1ccccn1)N=NC(C)(C#N)CCC(=O)OCCOCCOCCOCCSSc1ccccn1. The van der Waals surface area contributed by atoms with Crippen LogP contribution in [0.3, 0.4) is 0 Å². The normalized spacial score (nSPS) is 13.3. The van der Waals surface area contributed by atoms with E-state index in [-0.39, 0.29) is 52.1 Å². The number of nitriles is 1. The van der Waals surface area contributed by atoms with Crippen LogP contribution in [0.1, 0.15) is 39.5 Å². The molecule has 0 spiro atoms. The third-order valence-electron chi connectivity index (χ3n) is 7.24. The van der Waals surface area contributed by atoms with Crippen molar-refractivity contribution in [3.8, 4) is 6.07 Å². The molecule has 0 fully saturated rings. The minimum atomic E-state index is -1.39. The van der Waals surface area contributed by atoms with E-state index >= 15 is 0 Å². The molecule has 2 aromatic heterocycles. The zero-order valence-corrected chi connectivity index (χ0v) is 36.4. The second-order valence-corrected chi connectivity index (χ2v) is 17.0. The van der Waals surface area contributed by atoms with Gasteiger partial charge in [-0.3, -0.25) is 14.4 Å². The van der Waals surface area contributed by atoms with Crippen molar-refractivity contribution in [1.82, 2.24) is 9.97 Å². The molecule has 0 N–H and O–H groups in total. The fourth-order valence-corrected chi connectivity index (χ4v) is 7.48. The third-order valence-corrected chi connectivity index (χ3v) is 11.7. The predicted molar refractivity (Wildman–Crippen MR) is 224 cm³/mol. The molecule has 0 saturated carbocycles. The fraction of sp³-hybridized carbons (Fsp3) is 0.632. The maximum Gasteiger partial charge on any atom is 0.338 e. The van der Waals surface area contributed by atoms with Crippen molar-refractivity contribution in [3.05, 3.63) is 60.2 Å². The van der Waals surface area contributed by atoms with Gasteiger partial charge in [-0.25, -0.2) is 16.5 Å². The number of hydrogen-bond acceptors (Lipinski definition) is 19. The van der Waals surface area contributed by atoms with Gasteiger partial charge in [0, 0.05) is 37.2 Å². The van der Waals surface area contributed by atoms with Crippen LogP contribution in [0, 0.1) is 17.9 Å². The van der Waals surface area contributed by atoms with Crippen LogP contribution >= 0.6 is 43.2 Å². The molecule has 0 bridgehead atoms. The monoisotopic (exact) mass is 882 g/mol. The molecule has 0 aromatic carbocycles. The van der Waals surface area contributed by atoms with Gasteiger partial charge in [-0.1, -0.05) is 33.7 Å². The molecular formula is C38H54N6O10S4. The van der Waals surface area contributed by atoms with Crippen molar-refractivity contribution in [2.75, 3.05) is 104 Å². The average Bonchev–Trinajstić information content (AvgIpc) is 3.25. The second kappa shape index (κ2) is 33.8. The van der Waals surface area contributed by atoms with Crippen LogP contribution in [0.25, 0.3) is 4.85 Å². The van der Waals surface area contributed by atoms with Crippen molar-refractivity contribution in [2.45, 2.75) is 60.8 Å². The number of esters is 2. The first-order valence-electron chi connectivity index (χ1n) is 18.7. The Kier molecular flexibility index (Phi) is 29.8. The lowest BCUT2D eigenvalue weighted by Gasteiger charge is -2.17. The number of rotatable bonds is 36. The summed E-state index contributed by atoms with van der Waals surface area (Å²) in [6, 6.07) is 13.7. The highest BCUT2D eigenvalue weighted by atomic mass is 33.1. The molecule has 16 nitrogen and oxygen atoms in total. The van der Waals surface area contributed by atoms with Gasteiger partial charge in [-0.2, -0.15) is 10.4 Å². The standard InChI is InChI=1S/C38H54N6O10S4/c1-37(32-39,12-10-35(45)53-26-24-49-18-16-47-20-22-51-28-30-55-57-33-8-4-6-14-41-33)43-44-38(2,40-3)13-11-36(46)54-27-25-50-19-17-48-21-23-52-29-31-56-58-34-9-5-7-15-42-34/h4-9,14-15H,10-13,16-31H2,1-2H3. The Morgan fingerprint density at radius 3 is 1.47 bits per heavy atom. The molecule has 58 heavy (non-hydrogen) atoms. The van der Waals surface area contributed by atoms with E-state index in [1.165, 1.54) is 13.8 Å². The molecule has 0 aliphatic rings. The summed E-state index contributed by atoms with van der Waals surface area (Å²) in [5, 5.41) is 19.8. The van der Waals surface area contributed by atoms with Gasteiger partial charge in [0.25, 0.3) is 0 Å². The maximum atomic E-state index is 12.3. The molecule has 0 saturated heterocycles. The van der Waals surface area contributed by atoms with Crippen LogP contribution in [0.2, 0.25) is 0 Å². The highest BCUT2D eigenvalue weighted by Gasteiger charge is 2.34. The lowest BCUT2D eigenvalue weighted by Crippen LogP contribution is -2.25. The van der Waals surface area contributed by atoms with Crippen molar-refractivity contribution < 1.29 is 47.5 Å². The van der Waals surface area contributed by atoms with Crippen LogP contribution in [0.5, 0.6) is 0 Å². The van der Waals surface area contributed by atoms with Crippen molar-refractivity contribution >= 4 is 55.1 Å². The molecule has 0 radical (unpaired) electrons. The highest BCUT2D eigenvalue weighted by molar-refractivity contribution is 8.77. The zero-order chi connectivity index (χ0) is 41.8. The molecule has 0 aliphatic carbocycles. The van der Waals surface area contributed by atoms with E-state index in [9.17, 15) is 14.9 Å². The Morgan fingerprint density at radius 2 is 1.07 bits per heavy atom. The van der Waals surface area contributed by atoms with Crippen molar-refractivity contribution in [2.24, 2.45) is 10.2 Å². The van der Waals surface area contributed by atoms with Gasteiger partial charge < -0.3 is 37.9 Å². The lowest BCUT2D eigenvalue weighted by molar-refractivity contribution is -0.146. The topological polar surface area (TPSA) is 187 Å². The van der Waals surface area contributed by atoms with Crippen LogP contribution in [-0.4, -0.2) is 137 Å². The summed E-state index contributed by atoms with van der Waals surface area (Å²) in [7, 11) is 6.60. The first-order chi connectivity index (χ1) is 28.3. The van der Waals surface area contributed by atoms with Gasteiger partial charge in [-0.05, 0) is 59.2 Å². The van der Waals surface area contributed by atoms with E-state index < -0.39 is 23.1 Å². The van der Waals surface area contributed by atoms with E-state index in [0.717, 1.165) is 21.6 Å². The molecule has 320 valence electrons. The molecule has 2 heterocycles. The minimum absolute atomic E-state index is 0.0334. The summed E-state index contributed by atoms with van der Waals surface area (Å²) in [5.74, 6) is 0.658. The summed E-state index contributed by atoms with van der Waals surface area (Å²) in [4.78, 5) is 36.5. The van der Waals surface area contributed by atoms with Crippen molar-refractivity contribution in [3.63, 3.8) is 0 Å². The number of ether oxygens (including phenoxy) is 8. The summed E-state index contributed by atoms with van der Waals surface area (Å²) in [5.41, 5.74) is -2.76. The summed E-state index contributed by atoms with van der Waals surface area (Å²) < 4.78 is 43.3. The van der Waals surface area contributed by atoms with E-state index in [2.05, 4.69) is 25.0 Å². The van der Waals surface area contributed by atoms with Gasteiger partial charge in [0.15, 0.2) is 5.54 Å². The molecule has 20 heteroatoms. The van der Waals surface area contributed by atoms with Crippen LogP contribution in [-0.2, 0) is 47.5 Å². The fourth-order valence-electron chi connectivity index (χ4n) is 4.00. The largest absolute Gasteiger partial charge is 0.463 e. The molecule has 2 aromatic rings. The van der Waals surface area contributed by atoms with Gasteiger partial charge in [0.1, 0.15) is 23.3 Å². The summed E-state index contributed by atoms with van der Waals surface area (Å²) in [6.45, 7) is 15.7. The zero-order valence-electron chi connectivity index (χ0n) is 33.2. The molecule has 2 unspecified atom stereocenters. The van der Waals surface area contributed by atoms with Gasteiger partial charge in [-0.15, -0.1) is 5.11 Å². The third kappa shape index (κ3) is 27.6. The van der Waals surface area contributed by atoms with E-state index in [1.54, 1.807) is 55.6 Å². The number of nitrogens with zero attached hydrogens (tertiary/aromatic N) is 6. The number of pyridine rings is 2. The van der Waals surface area contributed by atoms with E-state index in [0.29, 0.717) is 66.1 Å². The number of aromatic nitrogens is 2. The number of carbonyl (C=O) groups excluding carboxylic acids is 2. The number of carbonyl (C=O) groups is 2. The predicted octanol–water partition coefficient (Wildman–Crippen LogP) is 6.77. The van der Waals surface area contributed by atoms with Crippen LogP contribution in [0.15, 0.2) is 69.1 Å². The molecule has 0 amide bonds. The number of hydrogen-bond donors (Lipinski definition) is 0. The quantitative estimate of drug-likeness (QED) is 0.0229. The summed E-state index contributed by atoms with van der Waals surface area (Å²) in [6.07, 6.45) is 3.45. The molecule has 2 rings (SSSR count). The van der Waals surface area contributed by atoms with Gasteiger partial charge >= 0.3 is 17.6 Å². The Labute approximate surface area is 357 Å². The average molecular weight is 883 g/mol. The highest BCUT2D eigenvalue weighted by Crippen LogP contribution is 2.29. The first-order valence-corrected chi connectivity index (χ1v) is 23.3. The maximum absolute atomic E-state index is 12.3. The Balaban J connectivity index is 1.42. The van der Waals surface area contributed by atoms with Crippen molar-refractivity contribution in [1.29, 1.82) is 5.26 Å². The first kappa shape index (κ1) is 51.1. The molecular weight excluding hydrogens is 829 g/mol. The minimum Gasteiger partial charge on any atom is -0.463 e. The van der Waals surface area contributed by atoms with Crippen LogP contribution in [0.4, 0.5) is 0 Å². The van der Waals surface area contributed by atoms with E-state index in [4.69, 9.17) is 44.5 Å². The van der Waals surface area contributed by atoms with Gasteiger partial charge in [0.05, 0.1) is 98.2 Å². The summed E-state index contributed by atoms with van der Waals surface area (Å²) >= 11 is 0. The van der Waals surface area contributed by atoms with Crippen LogP contribution < -0.4 is 0 Å². The molecule has 0 aliphatic heterocycles. The smallest absolute Gasteiger partial charge is 0.338 e. The Bertz CT molecular complexity index is 1390. The molecule has 2 atom stereocenters. The van der Waals surface area contributed by atoms with Gasteiger partial charge in [0.2, 0.25) is 0 Å². The number of azo groups is 1. The second-order valence-electron chi connectivity index (χ2n) is 12.2. The Morgan fingerprint density at radius 1 is 0.655 bits per heavy atom.